The summed E-state index contributed by atoms with van der Waals surface area (Å²) < 4.78 is 28.8. The first kappa shape index (κ1) is 23.0. The van der Waals surface area contributed by atoms with Gasteiger partial charge in [0.05, 0.1) is 12.3 Å². The van der Waals surface area contributed by atoms with E-state index in [0.29, 0.717) is 35.3 Å². The fourth-order valence-corrected chi connectivity index (χ4v) is 4.87. The van der Waals surface area contributed by atoms with Crippen LogP contribution in [0.25, 0.3) is 11.4 Å². The molecule has 3 heterocycles. The molecule has 180 valence electrons. The Balaban J connectivity index is 1.26. The van der Waals surface area contributed by atoms with Crippen LogP contribution in [0, 0.1) is 19.7 Å². The van der Waals surface area contributed by atoms with Gasteiger partial charge in [-0.15, -0.1) is 10.2 Å². The van der Waals surface area contributed by atoms with Crippen molar-refractivity contribution in [2.24, 2.45) is 0 Å². The van der Waals surface area contributed by atoms with Crippen LogP contribution in [-0.4, -0.2) is 43.7 Å². The molecule has 4 aromatic rings. The standard InChI is InChI=1S/C25H24FN5O3S/c1-15-10-20(16(2)30(15)12-19-13-33-22-8-3-4-9-23(22)34-19)21(32)14-35-25-29-28-24(31(25)27)17-6-5-7-18(26)11-17/h3-11,19H,12-14,27H2,1-2H3/t19-/m1/s1. The number of ketones is 1. The molecule has 0 fully saturated rings. The molecule has 0 unspecified atom stereocenters. The molecule has 2 aromatic carbocycles. The number of nitrogens with two attached hydrogens (primary N) is 1. The van der Waals surface area contributed by atoms with Gasteiger partial charge in [-0.25, -0.2) is 9.07 Å². The van der Waals surface area contributed by atoms with Crippen molar-refractivity contribution >= 4 is 17.5 Å². The number of carbonyl (C=O) groups excluding carboxylic acids is 1. The highest BCUT2D eigenvalue weighted by atomic mass is 32.2. The van der Waals surface area contributed by atoms with Crippen LogP contribution >= 0.6 is 11.8 Å². The molecule has 1 atom stereocenters. The van der Waals surface area contributed by atoms with E-state index in [-0.39, 0.29) is 23.5 Å². The van der Waals surface area contributed by atoms with Gasteiger partial charge in [0.25, 0.3) is 0 Å². The van der Waals surface area contributed by atoms with Crippen LogP contribution in [0.4, 0.5) is 4.39 Å². The monoisotopic (exact) mass is 493 g/mol. The van der Waals surface area contributed by atoms with E-state index in [2.05, 4.69) is 14.8 Å². The summed E-state index contributed by atoms with van der Waals surface area (Å²) in [4.78, 5) is 13.1. The molecule has 2 N–H and O–H groups in total. The van der Waals surface area contributed by atoms with Gasteiger partial charge in [0, 0.05) is 22.5 Å². The van der Waals surface area contributed by atoms with Gasteiger partial charge in [0.15, 0.2) is 29.2 Å². The largest absolute Gasteiger partial charge is 0.486 e. The Morgan fingerprint density at radius 3 is 2.74 bits per heavy atom. The van der Waals surface area contributed by atoms with E-state index >= 15 is 0 Å². The van der Waals surface area contributed by atoms with E-state index in [4.69, 9.17) is 15.3 Å². The SMILES string of the molecule is Cc1cc(C(=O)CSc2nnc(-c3cccc(F)c3)n2N)c(C)n1C[C@@H]1COc2ccccc2O1. The maximum absolute atomic E-state index is 13.6. The van der Waals surface area contributed by atoms with Crippen molar-refractivity contribution < 1.29 is 18.7 Å². The van der Waals surface area contributed by atoms with Gasteiger partial charge in [-0.1, -0.05) is 36.0 Å². The minimum Gasteiger partial charge on any atom is -0.486 e. The number of halogens is 1. The lowest BCUT2D eigenvalue weighted by Gasteiger charge is -2.27. The van der Waals surface area contributed by atoms with Crippen molar-refractivity contribution in [3.8, 4) is 22.9 Å². The zero-order chi connectivity index (χ0) is 24.5. The van der Waals surface area contributed by atoms with E-state index in [1.807, 2.05) is 44.2 Å². The molecule has 1 aliphatic heterocycles. The number of fused-ring (bicyclic) bond motifs is 1. The number of thioether (sulfide) groups is 1. The maximum atomic E-state index is 13.6. The fourth-order valence-electron chi connectivity index (χ4n) is 4.13. The molecule has 5 rings (SSSR count). The number of para-hydroxylation sites is 2. The summed E-state index contributed by atoms with van der Waals surface area (Å²) in [6, 6.07) is 15.4. The van der Waals surface area contributed by atoms with Crippen LogP contribution in [0.1, 0.15) is 21.7 Å². The van der Waals surface area contributed by atoms with E-state index in [1.54, 1.807) is 12.1 Å². The number of rotatable bonds is 7. The highest BCUT2D eigenvalue weighted by molar-refractivity contribution is 7.99. The van der Waals surface area contributed by atoms with Gasteiger partial charge in [-0.2, -0.15) is 0 Å². The third-order valence-electron chi connectivity index (χ3n) is 5.91. The number of aryl methyl sites for hydroxylation is 1. The van der Waals surface area contributed by atoms with Gasteiger partial charge in [-0.3, -0.25) is 4.79 Å². The number of hydrogen-bond acceptors (Lipinski definition) is 7. The average molecular weight is 494 g/mol. The summed E-state index contributed by atoms with van der Waals surface area (Å²) in [7, 11) is 0. The third-order valence-corrected chi connectivity index (χ3v) is 6.85. The highest BCUT2D eigenvalue weighted by Gasteiger charge is 2.24. The highest BCUT2D eigenvalue weighted by Crippen LogP contribution is 2.32. The van der Waals surface area contributed by atoms with E-state index in [9.17, 15) is 9.18 Å². The van der Waals surface area contributed by atoms with Crippen LogP contribution in [0.3, 0.4) is 0 Å². The Bertz CT molecular complexity index is 1400. The van der Waals surface area contributed by atoms with Gasteiger partial charge in [0.1, 0.15) is 12.4 Å². The Labute approximate surface area is 205 Å². The third kappa shape index (κ3) is 4.61. The molecule has 0 radical (unpaired) electrons. The minimum atomic E-state index is -0.389. The van der Waals surface area contributed by atoms with Crippen molar-refractivity contribution in [2.45, 2.75) is 31.7 Å². The van der Waals surface area contributed by atoms with Crippen molar-refractivity contribution in [2.75, 3.05) is 18.2 Å². The van der Waals surface area contributed by atoms with Crippen LogP contribution < -0.4 is 15.3 Å². The number of nitrogens with zero attached hydrogens (tertiary/aromatic N) is 4. The van der Waals surface area contributed by atoms with Gasteiger partial charge in [-0.05, 0) is 44.2 Å². The topological polar surface area (TPSA) is 97.2 Å². The first-order valence-corrected chi connectivity index (χ1v) is 12.1. The molecule has 35 heavy (non-hydrogen) atoms. The number of ether oxygens (including phenoxy) is 2. The molecule has 0 bridgehead atoms. The normalized spacial score (nSPS) is 14.8. The number of carbonyl (C=O) groups is 1. The van der Waals surface area contributed by atoms with Crippen LogP contribution in [-0.2, 0) is 6.54 Å². The first-order valence-electron chi connectivity index (χ1n) is 11.1. The molecule has 2 aromatic heterocycles. The Morgan fingerprint density at radius 2 is 1.94 bits per heavy atom. The van der Waals surface area contributed by atoms with Gasteiger partial charge in [0.2, 0.25) is 5.16 Å². The summed E-state index contributed by atoms with van der Waals surface area (Å²) in [5.74, 6) is 7.61. The molecule has 10 heteroatoms. The molecule has 0 aliphatic carbocycles. The van der Waals surface area contributed by atoms with Gasteiger partial charge < -0.3 is 19.9 Å². The molecule has 1 aliphatic rings. The number of aromatic nitrogens is 4. The maximum Gasteiger partial charge on any atom is 0.210 e. The predicted molar refractivity (Wildman–Crippen MR) is 131 cm³/mol. The molecular formula is C25H24FN5O3S. The van der Waals surface area contributed by atoms with Crippen molar-refractivity contribution in [1.29, 1.82) is 0 Å². The number of Topliss-reactive ketones (excluding diaryl/α,β-unsaturated/α-hetero) is 1. The van der Waals surface area contributed by atoms with Crippen molar-refractivity contribution in [3.63, 3.8) is 0 Å². The molecular weight excluding hydrogens is 469 g/mol. The Kier molecular flexibility index (Phi) is 6.21. The average Bonchev–Trinajstić information content (AvgIpc) is 3.36. The molecule has 0 saturated carbocycles. The summed E-state index contributed by atoms with van der Waals surface area (Å²) in [5, 5.41) is 8.50. The van der Waals surface area contributed by atoms with Crippen LogP contribution in [0.5, 0.6) is 11.5 Å². The van der Waals surface area contributed by atoms with Crippen molar-refractivity contribution in [3.05, 3.63) is 77.4 Å². The summed E-state index contributed by atoms with van der Waals surface area (Å²) in [6.07, 6.45) is -0.163. The minimum absolute atomic E-state index is 0.0455. The number of hydrogen-bond donors (Lipinski definition) is 1. The number of nitrogen functional groups attached to an aromatic ring is 1. The lowest BCUT2D eigenvalue weighted by molar-refractivity contribution is 0.0777. The molecule has 0 amide bonds. The van der Waals surface area contributed by atoms with E-state index < -0.39 is 0 Å². The molecule has 8 nitrogen and oxygen atoms in total. The number of benzene rings is 2. The zero-order valence-corrected chi connectivity index (χ0v) is 20.1. The predicted octanol–water partition coefficient (Wildman–Crippen LogP) is 4.03. The van der Waals surface area contributed by atoms with E-state index in [1.165, 1.54) is 28.6 Å². The quantitative estimate of drug-likeness (QED) is 0.236. The Morgan fingerprint density at radius 1 is 1.14 bits per heavy atom. The van der Waals surface area contributed by atoms with Gasteiger partial charge >= 0.3 is 0 Å². The lowest BCUT2D eigenvalue weighted by atomic mass is 10.2. The molecule has 0 spiro atoms. The van der Waals surface area contributed by atoms with Crippen LogP contribution in [0.15, 0.2) is 59.8 Å². The molecule has 0 saturated heterocycles. The smallest absolute Gasteiger partial charge is 0.210 e. The second-order valence-electron chi connectivity index (χ2n) is 8.29. The second-order valence-corrected chi connectivity index (χ2v) is 9.23. The summed E-state index contributed by atoms with van der Waals surface area (Å²) in [5.41, 5.74) is 2.98. The summed E-state index contributed by atoms with van der Waals surface area (Å²) >= 11 is 1.19. The Hall–Kier alpha value is -3.79. The van der Waals surface area contributed by atoms with Crippen molar-refractivity contribution in [1.82, 2.24) is 19.4 Å². The lowest BCUT2D eigenvalue weighted by Crippen LogP contribution is -2.33. The van der Waals surface area contributed by atoms with Crippen LogP contribution in [0.2, 0.25) is 0 Å². The fraction of sp³-hybridized carbons (Fsp3) is 0.240. The first-order chi connectivity index (χ1) is 16.9. The van der Waals surface area contributed by atoms with E-state index in [0.717, 1.165) is 22.9 Å². The zero-order valence-electron chi connectivity index (χ0n) is 19.3. The second kappa shape index (κ2) is 9.46. The summed E-state index contributed by atoms with van der Waals surface area (Å²) in [6.45, 7) is 4.90.